The average molecular weight is 443 g/mol. The van der Waals surface area contributed by atoms with E-state index in [4.69, 9.17) is 5.11 Å². The lowest BCUT2D eigenvalue weighted by Gasteiger charge is -2.38. The number of benzene rings is 2. The number of carboxylic acids is 1. The molecule has 3 unspecified atom stereocenters. The van der Waals surface area contributed by atoms with E-state index in [1.54, 1.807) is 18.2 Å². The Labute approximate surface area is 189 Å². The third-order valence-electron chi connectivity index (χ3n) is 6.33. The third-order valence-corrected chi connectivity index (χ3v) is 7.60. The summed E-state index contributed by atoms with van der Waals surface area (Å²) in [5, 5.41) is 28.8. The zero-order valence-electron chi connectivity index (χ0n) is 18.3. The van der Waals surface area contributed by atoms with Crippen LogP contribution in [0.15, 0.2) is 47.4 Å². The topological polar surface area (TPSA) is 77.8 Å². The lowest BCUT2D eigenvalue weighted by Crippen LogP contribution is -2.25. The monoisotopic (exact) mass is 442 g/mol. The van der Waals surface area contributed by atoms with Gasteiger partial charge in [-0.15, -0.1) is 11.8 Å². The van der Waals surface area contributed by atoms with Gasteiger partial charge in [0.2, 0.25) is 0 Å². The van der Waals surface area contributed by atoms with Crippen molar-refractivity contribution in [2.45, 2.75) is 86.7 Å². The molecule has 5 heteroatoms. The van der Waals surface area contributed by atoms with Crippen LogP contribution in [0, 0.1) is 0 Å². The van der Waals surface area contributed by atoms with Gasteiger partial charge in [0, 0.05) is 22.5 Å². The number of phenols is 2. The number of aromatic hydroxyl groups is 2. The van der Waals surface area contributed by atoms with Crippen molar-refractivity contribution in [3.05, 3.63) is 53.6 Å². The molecule has 0 spiro atoms. The molecule has 1 aliphatic rings. The SMILES string of the molecule is CC1Sc2cc(O)ccc2C(CCCCCCCCCC(=O)O)C1c1ccc(O)cc1. The Morgan fingerprint density at radius 2 is 1.48 bits per heavy atom. The highest BCUT2D eigenvalue weighted by Gasteiger charge is 2.35. The highest BCUT2D eigenvalue weighted by Crippen LogP contribution is 2.52. The Balaban J connectivity index is 1.60. The molecule has 0 saturated heterocycles. The Morgan fingerprint density at radius 3 is 2.16 bits per heavy atom. The van der Waals surface area contributed by atoms with Gasteiger partial charge in [0.25, 0.3) is 0 Å². The Bertz CT molecular complexity index is 849. The van der Waals surface area contributed by atoms with Gasteiger partial charge in [-0.25, -0.2) is 0 Å². The second-order valence-corrected chi connectivity index (χ2v) is 10.1. The number of fused-ring (bicyclic) bond motifs is 1. The molecule has 2 aromatic carbocycles. The predicted molar refractivity (Wildman–Crippen MR) is 126 cm³/mol. The van der Waals surface area contributed by atoms with E-state index < -0.39 is 5.97 Å². The van der Waals surface area contributed by atoms with Crippen molar-refractivity contribution in [3.63, 3.8) is 0 Å². The van der Waals surface area contributed by atoms with Gasteiger partial charge in [-0.2, -0.15) is 0 Å². The quantitative estimate of drug-likeness (QED) is 0.325. The van der Waals surface area contributed by atoms with E-state index in [0.717, 1.165) is 32.1 Å². The fourth-order valence-corrected chi connectivity index (χ4v) is 6.22. The molecule has 1 heterocycles. The molecule has 3 N–H and O–H groups in total. The smallest absolute Gasteiger partial charge is 0.303 e. The van der Waals surface area contributed by atoms with Crippen molar-refractivity contribution in [1.29, 1.82) is 0 Å². The fraction of sp³-hybridized carbons (Fsp3) is 0.500. The highest BCUT2D eigenvalue weighted by atomic mass is 32.2. The Morgan fingerprint density at radius 1 is 0.871 bits per heavy atom. The molecule has 0 fully saturated rings. The lowest BCUT2D eigenvalue weighted by atomic mass is 9.76. The summed E-state index contributed by atoms with van der Waals surface area (Å²) in [5.74, 6) is 0.690. The van der Waals surface area contributed by atoms with Gasteiger partial charge in [-0.05, 0) is 54.2 Å². The van der Waals surface area contributed by atoms with E-state index in [-0.39, 0.29) is 6.42 Å². The van der Waals surface area contributed by atoms with E-state index in [1.807, 2.05) is 30.0 Å². The summed E-state index contributed by atoms with van der Waals surface area (Å²) >= 11 is 1.83. The molecule has 0 bridgehead atoms. The molecule has 31 heavy (non-hydrogen) atoms. The summed E-state index contributed by atoms with van der Waals surface area (Å²) in [4.78, 5) is 11.8. The molecule has 0 radical (unpaired) electrons. The number of phenolic OH excluding ortho intramolecular Hbond substituents is 2. The van der Waals surface area contributed by atoms with Gasteiger partial charge in [-0.1, -0.05) is 63.6 Å². The van der Waals surface area contributed by atoms with Gasteiger partial charge in [0.05, 0.1) is 0 Å². The lowest BCUT2D eigenvalue weighted by molar-refractivity contribution is -0.137. The standard InChI is InChI=1S/C26H34O4S/c1-18-26(19-11-13-20(27)14-12-19)23(22-16-15-21(28)17-24(22)31-18)9-7-5-3-2-4-6-8-10-25(29)30/h11-18,23,26-28H,2-10H2,1H3,(H,29,30). The van der Waals surface area contributed by atoms with Crippen LogP contribution in [0.3, 0.4) is 0 Å². The first-order chi connectivity index (χ1) is 15.0. The molecule has 2 aromatic rings. The number of carboxylic acid groups (broad SMARTS) is 1. The highest BCUT2D eigenvalue weighted by molar-refractivity contribution is 8.00. The van der Waals surface area contributed by atoms with Crippen LogP contribution in [0.5, 0.6) is 11.5 Å². The van der Waals surface area contributed by atoms with Crippen LogP contribution in [0.25, 0.3) is 0 Å². The molecule has 3 rings (SSSR count). The number of hydrogen-bond donors (Lipinski definition) is 3. The molecule has 4 nitrogen and oxygen atoms in total. The van der Waals surface area contributed by atoms with Crippen molar-refractivity contribution < 1.29 is 20.1 Å². The van der Waals surface area contributed by atoms with Crippen LogP contribution in [-0.4, -0.2) is 26.5 Å². The van der Waals surface area contributed by atoms with Gasteiger partial charge < -0.3 is 15.3 Å². The van der Waals surface area contributed by atoms with Crippen LogP contribution in [-0.2, 0) is 4.79 Å². The molecule has 0 aliphatic carbocycles. The Kier molecular flexibility index (Phi) is 8.70. The van der Waals surface area contributed by atoms with Crippen molar-refractivity contribution in [3.8, 4) is 11.5 Å². The minimum atomic E-state index is -0.698. The first-order valence-electron chi connectivity index (χ1n) is 11.5. The van der Waals surface area contributed by atoms with Crippen LogP contribution in [0.2, 0.25) is 0 Å². The zero-order valence-corrected chi connectivity index (χ0v) is 19.1. The third kappa shape index (κ3) is 6.67. The molecule has 0 saturated carbocycles. The summed E-state index contributed by atoms with van der Waals surface area (Å²) in [6.07, 6.45) is 8.99. The number of thioether (sulfide) groups is 1. The van der Waals surface area contributed by atoms with Gasteiger partial charge in [0.15, 0.2) is 0 Å². The number of rotatable bonds is 11. The minimum absolute atomic E-state index is 0.283. The fourth-order valence-electron chi connectivity index (χ4n) is 4.78. The molecule has 168 valence electrons. The summed E-state index contributed by atoms with van der Waals surface area (Å²) in [6, 6.07) is 13.4. The molecule has 0 amide bonds. The van der Waals surface area contributed by atoms with Crippen LogP contribution < -0.4 is 0 Å². The predicted octanol–water partition coefficient (Wildman–Crippen LogP) is 7.05. The van der Waals surface area contributed by atoms with Crippen molar-refractivity contribution in [2.75, 3.05) is 0 Å². The molecule has 1 aliphatic heterocycles. The molecular formula is C26H34O4S. The summed E-state index contributed by atoms with van der Waals surface area (Å²) in [6.45, 7) is 2.26. The normalized spacial score (nSPS) is 20.4. The number of hydrogen-bond acceptors (Lipinski definition) is 4. The molecule has 3 atom stereocenters. The molecular weight excluding hydrogens is 408 g/mol. The first-order valence-corrected chi connectivity index (χ1v) is 12.3. The van der Waals surface area contributed by atoms with E-state index in [1.165, 1.54) is 35.3 Å². The van der Waals surface area contributed by atoms with Gasteiger partial charge in [0.1, 0.15) is 11.5 Å². The van der Waals surface area contributed by atoms with E-state index in [0.29, 0.717) is 28.6 Å². The summed E-state index contributed by atoms with van der Waals surface area (Å²) in [5.41, 5.74) is 2.59. The second kappa shape index (κ2) is 11.5. The van der Waals surface area contributed by atoms with Gasteiger partial charge in [-0.3, -0.25) is 4.79 Å². The second-order valence-electron chi connectivity index (χ2n) is 8.68. The molecule has 0 aromatic heterocycles. The largest absolute Gasteiger partial charge is 0.508 e. The zero-order chi connectivity index (χ0) is 22.2. The minimum Gasteiger partial charge on any atom is -0.508 e. The van der Waals surface area contributed by atoms with E-state index >= 15 is 0 Å². The number of carbonyl (C=O) groups is 1. The van der Waals surface area contributed by atoms with Crippen LogP contribution in [0.4, 0.5) is 0 Å². The Hall–Kier alpha value is -2.14. The van der Waals surface area contributed by atoms with Crippen molar-refractivity contribution >= 4 is 17.7 Å². The van der Waals surface area contributed by atoms with Crippen molar-refractivity contribution in [2.24, 2.45) is 0 Å². The first kappa shape index (κ1) is 23.5. The number of aliphatic carboxylic acids is 1. The maximum absolute atomic E-state index is 10.6. The van der Waals surface area contributed by atoms with Crippen molar-refractivity contribution in [1.82, 2.24) is 0 Å². The van der Waals surface area contributed by atoms with Crippen LogP contribution in [0.1, 0.15) is 87.7 Å². The number of unbranched alkanes of at least 4 members (excludes halogenated alkanes) is 6. The van der Waals surface area contributed by atoms with Crippen LogP contribution >= 0.6 is 11.8 Å². The van der Waals surface area contributed by atoms with E-state index in [2.05, 4.69) is 13.0 Å². The maximum atomic E-state index is 10.6. The van der Waals surface area contributed by atoms with Gasteiger partial charge >= 0.3 is 5.97 Å². The summed E-state index contributed by atoms with van der Waals surface area (Å²) in [7, 11) is 0. The summed E-state index contributed by atoms with van der Waals surface area (Å²) < 4.78 is 0. The average Bonchev–Trinajstić information content (AvgIpc) is 2.72. The maximum Gasteiger partial charge on any atom is 0.303 e. The van der Waals surface area contributed by atoms with E-state index in [9.17, 15) is 15.0 Å².